The van der Waals surface area contributed by atoms with Gasteiger partial charge in [0.15, 0.2) is 5.76 Å². The quantitative estimate of drug-likeness (QED) is 0.107. The molecule has 0 fully saturated rings. The van der Waals surface area contributed by atoms with Gasteiger partial charge in [0.2, 0.25) is 5.76 Å². The fourth-order valence-electron chi connectivity index (χ4n) is 5.92. The van der Waals surface area contributed by atoms with Crippen molar-refractivity contribution in [2.45, 2.75) is 32.0 Å². The standard InChI is InChI=1S/C26H23NO6S.C20H18O5/c1-18-20(16-25(33-18)26(28)27-34(29,30)22-8-4-3-5-9-22)17-32-21-14-12-19(13-15-21)23-10-6-7-11-24(23)31-2;1-13-15(11-19(25-13)20(21)22)12-24-16-9-7-14(8-10-16)17-5-3-4-6-18(17)23-2/h3-16H,17H2,1-2H3,(H,27,28);3-11H,12H2,1-2H3,(H,21,22). The van der Waals surface area contributed by atoms with Crippen molar-refractivity contribution in [3.63, 3.8) is 0 Å². The number of carbonyl (C=O) groups is 2. The summed E-state index contributed by atoms with van der Waals surface area (Å²) >= 11 is 0. The minimum atomic E-state index is -4.00. The molecule has 0 atom stereocenters. The maximum absolute atomic E-state index is 12.5. The highest BCUT2D eigenvalue weighted by atomic mass is 32.2. The van der Waals surface area contributed by atoms with Gasteiger partial charge >= 0.3 is 11.9 Å². The Hall–Kier alpha value is -7.25. The number of nitrogens with one attached hydrogen (secondary N) is 1. The number of carboxylic acid groups (broad SMARTS) is 1. The Kier molecular flexibility index (Phi) is 13.2. The van der Waals surface area contributed by atoms with Crippen LogP contribution in [0.2, 0.25) is 0 Å². The predicted molar refractivity (Wildman–Crippen MR) is 220 cm³/mol. The molecule has 2 heterocycles. The SMILES string of the molecule is COc1ccccc1-c1ccc(OCc2cc(C(=O)NS(=O)(=O)c3ccccc3)oc2C)cc1.COc1ccccc1-c1ccc(OCc2cc(C(=O)O)oc2C)cc1. The Morgan fingerprint density at radius 2 is 1.02 bits per heavy atom. The average molecular weight is 816 g/mol. The van der Waals surface area contributed by atoms with Crippen LogP contribution in [0.3, 0.4) is 0 Å². The smallest absolute Gasteiger partial charge is 0.371 e. The molecular weight excluding hydrogens is 775 g/mol. The first-order valence-corrected chi connectivity index (χ1v) is 19.7. The first-order chi connectivity index (χ1) is 28.4. The zero-order valence-corrected chi connectivity index (χ0v) is 33.4. The number of furan rings is 2. The summed E-state index contributed by atoms with van der Waals surface area (Å²) < 4.78 is 59.8. The summed E-state index contributed by atoms with van der Waals surface area (Å²) in [6.07, 6.45) is 0. The zero-order valence-electron chi connectivity index (χ0n) is 32.6. The van der Waals surface area contributed by atoms with E-state index in [1.54, 1.807) is 46.3 Å². The second-order valence-electron chi connectivity index (χ2n) is 13.0. The van der Waals surface area contributed by atoms with Gasteiger partial charge in [-0.3, -0.25) is 4.79 Å². The van der Waals surface area contributed by atoms with Crippen molar-refractivity contribution in [1.29, 1.82) is 0 Å². The number of methoxy groups -OCH3 is 2. The molecule has 0 aliphatic heterocycles. The van der Waals surface area contributed by atoms with Crippen LogP contribution in [0.25, 0.3) is 22.3 Å². The lowest BCUT2D eigenvalue weighted by atomic mass is 10.0. The summed E-state index contributed by atoms with van der Waals surface area (Å²) in [6.45, 7) is 3.81. The number of aromatic carboxylic acids is 1. The predicted octanol–water partition coefficient (Wildman–Crippen LogP) is 9.50. The van der Waals surface area contributed by atoms with Crippen molar-refractivity contribution in [2.24, 2.45) is 0 Å². The van der Waals surface area contributed by atoms with E-state index >= 15 is 0 Å². The number of para-hydroxylation sites is 2. The number of amides is 1. The van der Waals surface area contributed by atoms with Gasteiger partial charge < -0.3 is 32.9 Å². The molecule has 7 aromatic rings. The van der Waals surface area contributed by atoms with E-state index in [2.05, 4.69) is 0 Å². The highest BCUT2D eigenvalue weighted by Crippen LogP contribution is 2.32. The van der Waals surface area contributed by atoms with Crippen molar-refractivity contribution < 1.29 is 50.9 Å². The number of hydrogen-bond donors (Lipinski definition) is 2. The molecule has 0 unspecified atom stereocenters. The minimum absolute atomic E-state index is 0.00763. The lowest BCUT2D eigenvalue weighted by Crippen LogP contribution is -2.30. The van der Waals surface area contributed by atoms with Crippen LogP contribution in [0.4, 0.5) is 0 Å². The maximum Gasteiger partial charge on any atom is 0.371 e. The summed E-state index contributed by atoms with van der Waals surface area (Å²) in [5.74, 6) is 1.81. The molecule has 59 heavy (non-hydrogen) atoms. The number of carbonyl (C=O) groups excluding carboxylic acids is 1. The number of carboxylic acids is 1. The highest BCUT2D eigenvalue weighted by Gasteiger charge is 2.22. The van der Waals surface area contributed by atoms with Crippen LogP contribution < -0.4 is 23.7 Å². The van der Waals surface area contributed by atoms with Gasteiger partial charge in [-0.1, -0.05) is 78.9 Å². The average Bonchev–Trinajstić information content (AvgIpc) is 3.84. The summed E-state index contributed by atoms with van der Waals surface area (Å²) in [6, 6.07) is 41.4. The molecule has 302 valence electrons. The molecule has 0 spiro atoms. The number of sulfonamides is 1. The lowest BCUT2D eigenvalue weighted by Gasteiger charge is -2.10. The third kappa shape index (κ3) is 10.4. The zero-order chi connectivity index (χ0) is 41.9. The molecule has 5 aromatic carbocycles. The molecule has 12 nitrogen and oxygen atoms in total. The first kappa shape index (κ1) is 41.4. The molecule has 13 heteroatoms. The van der Waals surface area contributed by atoms with E-state index in [-0.39, 0.29) is 29.6 Å². The van der Waals surface area contributed by atoms with E-state index < -0.39 is 21.9 Å². The van der Waals surface area contributed by atoms with Crippen LogP contribution >= 0.6 is 0 Å². The van der Waals surface area contributed by atoms with Crippen molar-refractivity contribution in [1.82, 2.24) is 4.72 Å². The van der Waals surface area contributed by atoms with E-state index in [0.29, 0.717) is 34.1 Å². The van der Waals surface area contributed by atoms with Crippen LogP contribution in [0, 0.1) is 13.8 Å². The van der Waals surface area contributed by atoms with Gasteiger partial charge in [0.25, 0.3) is 10.0 Å². The van der Waals surface area contributed by atoms with E-state index in [1.165, 1.54) is 24.3 Å². The van der Waals surface area contributed by atoms with Crippen LogP contribution in [0.1, 0.15) is 43.8 Å². The van der Waals surface area contributed by atoms with E-state index in [1.807, 2.05) is 102 Å². The van der Waals surface area contributed by atoms with Crippen molar-refractivity contribution in [2.75, 3.05) is 14.2 Å². The summed E-state index contributed by atoms with van der Waals surface area (Å²) in [5.41, 5.74) is 5.35. The van der Waals surface area contributed by atoms with E-state index in [0.717, 1.165) is 33.8 Å². The summed E-state index contributed by atoms with van der Waals surface area (Å²) in [4.78, 5) is 23.4. The van der Waals surface area contributed by atoms with Crippen LogP contribution in [-0.2, 0) is 23.2 Å². The van der Waals surface area contributed by atoms with Gasteiger partial charge in [-0.2, -0.15) is 0 Å². The van der Waals surface area contributed by atoms with Crippen LogP contribution in [0.5, 0.6) is 23.0 Å². The maximum atomic E-state index is 12.5. The Labute approximate surface area is 341 Å². The number of aryl methyl sites for hydroxylation is 2. The highest BCUT2D eigenvalue weighted by molar-refractivity contribution is 7.90. The molecule has 0 aliphatic rings. The molecule has 7 rings (SSSR count). The molecule has 2 aromatic heterocycles. The Bertz CT molecular complexity index is 2630. The molecule has 0 saturated heterocycles. The Morgan fingerprint density at radius 3 is 1.46 bits per heavy atom. The third-order valence-corrected chi connectivity index (χ3v) is 10.4. The summed E-state index contributed by atoms with van der Waals surface area (Å²) in [7, 11) is -0.716. The van der Waals surface area contributed by atoms with Crippen molar-refractivity contribution in [3.05, 3.63) is 174 Å². The van der Waals surface area contributed by atoms with Gasteiger partial charge in [-0.05, 0) is 85.6 Å². The molecular formula is C46H41NO11S. The van der Waals surface area contributed by atoms with Gasteiger partial charge in [0.1, 0.15) is 47.7 Å². The van der Waals surface area contributed by atoms with Gasteiger partial charge in [-0.15, -0.1) is 0 Å². The molecule has 1 amide bonds. The number of ether oxygens (including phenoxy) is 4. The van der Waals surface area contributed by atoms with E-state index in [9.17, 15) is 18.0 Å². The van der Waals surface area contributed by atoms with Crippen molar-refractivity contribution in [3.8, 4) is 45.3 Å². The normalized spacial score (nSPS) is 10.8. The third-order valence-electron chi connectivity index (χ3n) is 9.09. The van der Waals surface area contributed by atoms with Crippen LogP contribution in [0.15, 0.2) is 153 Å². The van der Waals surface area contributed by atoms with Gasteiger partial charge in [0.05, 0.1) is 19.1 Å². The molecule has 0 bridgehead atoms. The fourth-order valence-corrected chi connectivity index (χ4v) is 6.90. The topological polar surface area (TPSA) is 164 Å². The van der Waals surface area contributed by atoms with Gasteiger partial charge in [-0.25, -0.2) is 17.9 Å². The first-order valence-electron chi connectivity index (χ1n) is 18.2. The van der Waals surface area contributed by atoms with Crippen molar-refractivity contribution >= 4 is 21.9 Å². The fraction of sp³-hybridized carbons (Fsp3) is 0.130. The Balaban J connectivity index is 0.000000208. The summed E-state index contributed by atoms with van der Waals surface area (Å²) in [5, 5.41) is 8.94. The molecule has 0 saturated carbocycles. The van der Waals surface area contributed by atoms with Crippen LogP contribution in [-0.4, -0.2) is 39.6 Å². The monoisotopic (exact) mass is 815 g/mol. The number of benzene rings is 5. The molecule has 0 radical (unpaired) electrons. The number of rotatable bonds is 14. The van der Waals surface area contributed by atoms with E-state index in [4.69, 9.17) is 32.9 Å². The molecule has 0 aliphatic carbocycles. The lowest BCUT2D eigenvalue weighted by molar-refractivity contribution is 0.0660. The second kappa shape index (κ2) is 18.8. The largest absolute Gasteiger partial charge is 0.496 e. The molecule has 2 N–H and O–H groups in total. The minimum Gasteiger partial charge on any atom is -0.496 e. The van der Waals surface area contributed by atoms with Gasteiger partial charge in [0, 0.05) is 22.3 Å². The second-order valence-corrected chi connectivity index (χ2v) is 14.6. The number of hydrogen-bond acceptors (Lipinski definition) is 10. The Morgan fingerprint density at radius 1 is 0.593 bits per heavy atom.